The van der Waals surface area contributed by atoms with Crippen LogP contribution >= 0.6 is 0 Å². The maximum absolute atomic E-state index is 14.1. The highest BCUT2D eigenvalue weighted by molar-refractivity contribution is 5.84. The van der Waals surface area contributed by atoms with Crippen molar-refractivity contribution in [1.82, 2.24) is 0 Å². The molecule has 0 heterocycles. The van der Waals surface area contributed by atoms with Crippen molar-refractivity contribution in [1.29, 1.82) is 0 Å². The fourth-order valence-corrected chi connectivity index (χ4v) is 2.48. The first-order valence-corrected chi connectivity index (χ1v) is 6.87. The number of nitrogens with one attached hydrogen (secondary N) is 1. The number of amides is 1. The molecular formula is C15H19F3N2O2. The van der Waals surface area contributed by atoms with Gasteiger partial charge in [-0.15, -0.1) is 0 Å². The molecule has 0 unspecified atom stereocenters. The van der Waals surface area contributed by atoms with Crippen LogP contribution in [0, 0.1) is 5.82 Å². The molecule has 0 bridgehead atoms. The van der Waals surface area contributed by atoms with Crippen LogP contribution in [0.4, 0.5) is 23.7 Å². The molecule has 1 aromatic rings. The lowest BCUT2D eigenvalue weighted by Gasteiger charge is -2.44. The number of ether oxygens (including phenoxy) is 1. The Bertz CT molecular complexity index is 589. The van der Waals surface area contributed by atoms with Crippen LogP contribution in [0.5, 0.6) is 0 Å². The Labute approximate surface area is 126 Å². The number of carbonyl (C=O) groups excluding carboxylic acids is 1. The van der Waals surface area contributed by atoms with Gasteiger partial charge in [-0.25, -0.2) is 18.0 Å². The Morgan fingerprint density at radius 3 is 2.36 bits per heavy atom. The summed E-state index contributed by atoms with van der Waals surface area (Å²) in [6, 6.07) is 3.77. The minimum absolute atomic E-state index is 0.0214. The van der Waals surface area contributed by atoms with Crippen LogP contribution < -0.4 is 11.1 Å². The van der Waals surface area contributed by atoms with Gasteiger partial charge in [0.2, 0.25) is 0 Å². The number of hydrogen-bond acceptors (Lipinski definition) is 3. The first kappa shape index (κ1) is 16.6. The van der Waals surface area contributed by atoms with Crippen molar-refractivity contribution in [2.45, 2.75) is 50.7 Å². The SMILES string of the molecule is CC(C)(C)OC(=O)Nc1ccc(C2(N)CC(F)(F)C2)c(F)c1. The number of alkyl halides is 2. The maximum Gasteiger partial charge on any atom is 0.412 e. The number of anilines is 1. The van der Waals surface area contributed by atoms with Crippen LogP contribution in [0.2, 0.25) is 0 Å². The van der Waals surface area contributed by atoms with E-state index in [2.05, 4.69) is 5.32 Å². The largest absolute Gasteiger partial charge is 0.444 e. The monoisotopic (exact) mass is 316 g/mol. The highest BCUT2D eigenvalue weighted by Crippen LogP contribution is 2.50. The zero-order valence-corrected chi connectivity index (χ0v) is 12.7. The Kier molecular flexibility index (Phi) is 3.89. The van der Waals surface area contributed by atoms with Crippen molar-refractivity contribution < 1.29 is 22.7 Å². The van der Waals surface area contributed by atoms with Gasteiger partial charge in [0.1, 0.15) is 11.4 Å². The Hall–Kier alpha value is -1.76. The molecule has 1 aliphatic rings. The third-order valence-electron chi connectivity index (χ3n) is 3.30. The molecule has 0 aliphatic heterocycles. The molecular weight excluding hydrogens is 297 g/mol. The zero-order chi connectivity index (χ0) is 16.8. The molecule has 22 heavy (non-hydrogen) atoms. The van der Waals surface area contributed by atoms with Gasteiger partial charge in [-0.1, -0.05) is 6.07 Å². The second-order valence-electron chi connectivity index (χ2n) is 6.69. The molecule has 0 radical (unpaired) electrons. The molecule has 0 atom stereocenters. The maximum atomic E-state index is 14.1. The van der Waals surface area contributed by atoms with Crippen LogP contribution in [-0.2, 0) is 10.3 Å². The first-order valence-electron chi connectivity index (χ1n) is 6.87. The fraction of sp³-hybridized carbons (Fsp3) is 0.533. The van der Waals surface area contributed by atoms with E-state index in [4.69, 9.17) is 10.5 Å². The van der Waals surface area contributed by atoms with Gasteiger partial charge in [-0.3, -0.25) is 5.32 Å². The highest BCUT2D eigenvalue weighted by Gasteiger charge is 2.56. The molecule has 7 heteroatoms. The predicted octanol–water partition coefficient (Wildman–Crippen LogP) is 3.76. The van der Waals surface area contributed by atoms with Crippen molar-refractivity contribution >= 4 is 11.8 Å². The van der Waals surface area contributed by atoms with Crippen molar-refractivity contribution in [3.05, 3.63) is 29.6 Å². The molecule has 3 N–H and O–H groups in total. The van der Waals surface area contributed by atoms with Crippen molar-refractivity contribution in [3.8, 4) is 0 Å². The molecule has 1 amide bonds. The van der Waals surface area contributed by atoms with Crippen LogP contribution in [0.3, 0.4) is 0 Å². The Morgan fingerprint density at radius 1 is 1.32 bits per heavy atom. The smallest absolute Gasteiger partial charge is 0.412 e. The number of rotatable bonds is 2. The number of hydrogen-bond donors (Lipinski definition) is 2. The quantitative estimate of drug-likeness (QED) is 0.873. The molecule has 0 spiro atoms. The summed E-state index contributed by atoms with van der Waals surface area (Å²) in [6.07, 6.45) is -1.90. The molecule has 1 fully saturated rings. The van der Waals surface area contributed by atoms with Gasteiger partial charge in [0.05, 0.1) is 5.54 Å². The number of nitrogens with two attached hydrogens (primary N) is 1. The van der Waals surface area contributed by atoms with E-state index in [0.717, 1.165) is 6.07 Å². The molecule has 0 saturated heterocycles. The third-order valence-corrected chi connectivity index (χ3v) is 3.30. The molecule has 2 rings (SSSR count). The van der Waals surface area contributed by atoms with E-state index in [0.29, 0.717) is 0 Å². The van der Waals surface area contributed by atoms with Crippen molar-refractivity contribution in [3.63, 3.8) is 0 Å². The van der Waals surface area contributed by atoms with Gasteiger partial charge < -0.3 is 10.5 Å². The van der Waals surface area contributed by atoms with Gasteiger partial charge in [-0.2, -0.15) is 0 Å². The van der Waals surface area contributed by atoms with Crippen LogP contribution in [-0.4, -0.2) is 17.6 Å². The average Bonchev–Trinajstić information content (AvgIpc) is 2.22. The minimum atomic E-state index is -2.85. The van der Waals surface area contributed by atoms with Gasteiger partial charge >= 0.3 is 6.09 Å². The minimum Gasteiger partial charge on any atom is -0.444 e. The number of halogens is 3. The molecule has 1 aliphatic carbocycles. The summed E-state index contributed by atoms with van der Waals surface area (Å²) < 4.78 is 45.1. The number of benzene rings is 1. The standard InChI is InChI=1S/C15H19F3N2O2/c1-13(2,3)22-12(21)20-9-4-5-10(11(16)6-9)14(19)7-15(17,18)8-14/h4-6H,7-8,19H2,1-3H3,(H,20,21). The van der Waals surface area contributed by atoms with Crippen LogP contribution in [0.25, 0.3) is 0 Å². The molecule has 1 aromatic carbocycles. The van der Waals surface area contributed by atoms with E-state index in [1.165, 1.54) is 12.1 Å². The average molecular weight is 316 g/mol. The Balaban J connectivity index is 2.09. The third kappa shape index (κ3) is 3.71. The van der Waals surface area contributed by atoms with Crippen molar-refractivity contribution in [2.75, 3.05) is 5.32 Å². The normalized spacial score (nSPS) is 19.2. The van der Waals surface area contributed by atoms with E-state index in [1.54, 1.807) is 20.8 Å². The molecule has 122 valence electrons. The van der Waals surface area contributed by atoms with Gasteiger partial charge in [0.15, 0.2) is 0 Å². The summed E-state index contributed by atoms with van der Waals surface area (Å²) in [7, 11) is 0. The van der Waals surface area contributed by atoms with Gasteiger partial charge in [-0.05, 0) is 32.9 Å². The summed E-state index contributed by atoms with van der Waals surface area (Å²) in [5.74, 6) is -3.58. The predicted molar refractivity (Wildman–Crippen MR) is 76.3 cm³/mol. The fourth-order valence-electron chi connectivity index (χ4n) is 2.48. The molecule has 0 aromatic heterocycles. The number of carbonyl (C=O) groups is 1. The van der Waals surface area contributed by atoms with E-state index in [-0.39, 0.29) is 11.3 Å². The summed E-state index contributed by atoms with van der Waals surface area (Å²) in [5.41, 5.74) is 3.95. The van der Waals surface area contributed by atoms with E-state index < -0.39 is 41.8 Å². The summed E-state index contributed by atoms with van der Waals surface area (Å²) in [4.78, 5) is 11.6. The summed E-state index contributed by atoms with van der Waals surface area (Å²) in [6.45, 7) is 5.10. The van der Waals surface area contributed by atoms with E-state index >= 15 is 0 Å². The zero-order valence-electron chi connectivity index (χ0n) is 12.7. The topological polar surface area (TPSA) is 64.3 Å². The Morgan fingerprint density at radius 2 is 1.91 bits per heavy atom. The van der Waals surface area contributed by atoms with E-state index in [1.807, 2.05) is 0 Å². The first-order chi connectivity index (χ1) is 9.90. The van der Waals surface area contributed by atoms with E-state index in [9.17, 15) is 18.0 Å². The van der Waals surface area contributed by atoms with Gasteiger partial charge in [0, 0.05) is 24.1 Å². The highest BCUT2D eigenvalue weighted by atomic mass is 19.3. The lowest BCUT2D eigenvalue weighted by Crippen LogP contribution is -2.55. The summed E-state index contributed by atoms with van der Waals surface area (Å²) in [5, 5.41) is 2.38. The van der Waals surface area contributed by atoms with Crippen molar-refractivity contribution in [2.24, 2.45) is 5.73 Å². The van der Waals surface area contributed by atoms with Gasteiger partial charge in [0.25, 0.3) is 5.92 Å². The van der Waals surface area contributed by atoms with Crippen LogP contribution in [0.15, 0.2) is 18.2 Å². The second-order valence-corrected chi connectivity index (χ2v) is 6.69. The second kappa shape index (κ2) is 5.15. The molecule has 1 saturated carbocycles. The summed E-state index contributed by atoms with van der Waals surface area (Å²) >= 11 is 0. The van der Waals surface area contributed by atoms with Crippen LogP contribution in [0.1, 0.15) is 39.2 Å². The molecule has 4 nitrogen and oxygen atoms in total. The lowest BCUT2D eigenvalue weighted by atomic mass is 9.69. The lowest BCUT2D eigenvalue weighted by molar-refractivity contribution is -0.125.